The van der Waals surface area contributed by atoms with E-state index in [1.54, 1.807) is 0 Å². The minimum absolute atomic E-state index is 1.12. The van der Waals surface area contributed by atoms with Crippen molar-refractivity contribution in [2.45, 2.75) is 74.1 Å². The van der Waals surface area contributed by atoms with E-state index in [-0.39, 0.29) is 0 Å². The fourth-order valence-corrected chi connectivity index (χ4v) is 3.14. The maximum Gasteiger partial charge on any atom is 0.0388 e. The normalized spacial score (nSPS) is 13.6. The number of rotatable bonds is 11. The second-order valence-electron chi connectivity index (χ2n) is 6.99. The summed E-state index contributed by atoms with van der Waals surface area (Å²) in [5.41, 5.74) is 6.49. The number of nitrogens with zero attached hydrogens (tertiary/aromatic N) is 2. The number of hydrogen-bond acceptors (Lipinski definition) is 2. The number of aliphatic imine (C=N–C) groups is 1. The Morgan fingerprint density at radius 3 is 1.92 bits per heavy atom. The van der Waals surface area contributed by atoms with Crippen LogP contribution in [0.25, 0.3) is 0 Å². The van der Waals surface area contributed by atoms with E-state index in [9.17, 15) is 0 Å². The Hall–Kier alpha value is -1.15. The van der Waals surface area contributed by atoms with Crippen LogP contribution in [0.1, 0.15) is 74.1 Å². The van der Waals surface area contributed by atoms with Crippen molar-refractivity contribution in [3.8, 4) is 0 Å². The van der Waals surface area contributed by atoms with E-state index in [4.69, 9.17) is 0 Å². The van der Waals surface area contributed by atoms with Crippen molar-refractivity contribution < 1.29 is 0 Å². The van der Waals surface area contributed by atoms with E-state index in [1.807, 2.05) is 7.05 Å². The molecule has 0 saturated carbocycles. The zero-order valence-electron chi connectivity index (χ0n) is 17.5. The molecule has 0 unspecified atom stereocenters. The van der Waals surface area contributed by atoms with Crippen LogP contribution in [-0.4, -0.2) is 37.3 Å². The zero-order chi connectivity index (χ0) is 18.5. The van der Waals surface area contributed by atoms with Crippen molar-refractivity contribution >= 4 is 5.71 Å². The van der Waals surface area contributed by atoms with Crippen LogP contribution in [-0.2, 0) is 0 Å². The van der Waals surface area contributed by atoms with Crippen LogP contribution in [0.4, 0.5) is 0 Å². The van der Waals surface area contributed by atoms with Gasteiger partial charge in [-0.3, -0.25) is 4.99 Å². The van der Waals surface area contributed by atoms with Crippen LogP contribution in [0.5, 0.6) is 0 Å². The standard InChI is InChI=1S/C22H40N2/c1-9-15-24(16-10-2)17-11-12-19(5)13-14-20(6)22(18(3)4)21(7)23-8/h13-14H,9-12,15-17H2,1-8H3/b19-13+,20-14+,23-21-. The molecule has 0 aromatic rings. The molecular weight excluding hydrogens is 292 g/mol. The maximum atomic E-state index is 4.35. The first kappa shape index (κ1) is 22.9. The molecular formula is C22H40N2. The molecule has 0 rings (SSSR count). The SMILES string of the molecule is CCCN(CCC)CCC/C(C)=C/C=C(\C)C(=C(C)C)/C(C)=N\C. The Labute approximate surface area is 151 Å². The molecule has 0 aliphatic rings. The summed E-state index contributed by atoms with van der Waals surface area (Å²) in [4.78, 5) is 6.95. The van der Waals surface area contributed by atoms with Gasteiger partial charge in [0.05, 0.1) is 0 Å². The lowest BCUT2D eigenvalue weighted by molar-refractivity contribution is 0.271. The summed E-state index contributed by atoms with van der Waals surface area (Å²) in [6.07, 6.45) is 9.47. The van der Waals surface area contributed by atoms with Crippen LogP contribution < -0.4 is 0 Å². The lowest BCUT2D eigenvalue weighted by Crippen LogP contribution is -2.26. The van der Waals surface area contributed by atoms with Gasteiger partial charge in [-0.2, -0.15) is 0 Å². The first-order valence-corrected chi connectivity index (χ1v) is 9.55. The summed E-state index contributed by atoms with van der Waals surface area (Å²) in [6.45, 7) is 19.1. The van der Waals surface area contributed by atoms with Crippen LogP contribution in [0.3, 0.4) is 0 Å². The van der Waals surface area contributed by atoms with Crippen LogP contribution in [0, 0.1) is 0 Å². The van der Waals surface area contributed by atoms with Crippen molar-refractivity contribution in [3.63, 3.8) is 0 Å². The summed E-state index contributed by atoms with van der Waals surface area (Å²) >= 11 is 0. The molecule has 0 atom stereocenters. The third kappa shape index (κ3) is 9.22. The van der Waals surface area contributed by atoms with Crippen LogP contribution in [0.2, 0.25) is 0 Å². The summed E-state index contributed by atoms with van der Waals surface area (Å²) in [5, 5.41) is 0. The Balaban J connectivity index is 4.71. The lowest BCUT2D eigenvalue weighted by Gasteiger charge is -2.20. The van der Waals surface area contributed by atoms with Gasteiger partial charge in [-0.05, 0) is 91.1 Å². The average Bonchev–Trinajstić information content (AvgIpc) is 2.52. The quantitative estimate of drug-likeness (QED) is 0.324. The molecule has 0 spiro atoms. The first-order valence-electron chi connectivity index (χ1n) is 9.55. The van der Waals surface area contributed by atoms with Gasteiger partial charge in [0.1, 0.15) is 0 Å². The molecule has 0 aliphatic heterocycles. The molecule has 0 aromatic heterocycles. The fourth-order valence-electron chi connectivity index (χ4n) is 3.14. The topological polar surface area (TPSA) is 15.6 Å². The molecule has 2 nitrogen and oxygen atoms in total. The third-order valence-electron chi connectivity index (χ3n) is 4.33. The van der Waals surface area contributed by atoms with E-state index in [1.165, 1.54) is 67.6 Å². The molecule has 0 N–H and O–H groups in total. The molecule has 2 heteroatoms. The lowest BCUT2D eigenvalue weighted by atomic mass is 9.97. The van der Waals surface area contributed by atoms with Crippen LogP contribution >= 0.6 is 0 Å². The van der Waals surface area contributed by atoms with E-state index < -0.39 is 0 Å². The Morgan fingerprint density at radius 2 is 1.46 bits per heavy atom. The van der Waals surface area contributed by atoms with Crippen molar-refractivity contribution in [2.75, 3.05) is 26.7 Å². The monoisotopic (exact) mass is 332 g/mol. The Kier molecular flexibility index (Phi) is 12.5. The minimum atomic E-state index is 1.12. The van der Waals surface area contributed by atoms with Crippen molar-refractivity contribution in [2.24, 2.45) is 4.99 Å². The van der Waals surface area contributed by atoms with Crippen molar-refractivity contribution in [1.82, 2.24) is 4.90 Å². The van der Waals surface area contributed by atoms with E-state index in [2.05, 4.69) is 70.5 Å². The van der Waals surface area contributed by atoms with Crippen molar-refractivity contribution in [3.05, 3.63) is 34.4 Å². The summed E-state index contributed by atoms with van der Waals surface area (Å²) < 4.78 is 0. The minimum Gasteiger partial charge on any atom is -0.303 e. The van der Waals surface area contributed by atoms with Crippen molar-refractivity contribution in [1.29, 1.82) is 0 Å². The molecule has 138 valence electrons. The van der Waals surface area contributed by atoms with Gasteiger partial charge in [-0.1, -0.05) is 37.1 Å². The Morgan fingerprint density at radius 1 is 0.875 bits per heavy atom. The largest absolute Gasteiger partial charge is 0.303 e. The average molecular weight is 333 g/mol. The highest BCUT2D eigenvalue weighted by molar-refractivity contribution is 6.02. The predicted octanol–water partition coefficient (Wildman–Crippen LogP) is 6.21. The third-order valence-corrected chi connectivity index (χ3v) is 4.33. The van der Waals surface area contributed by atoms with Gasteiger partial charge in [0, 0.05) is 12.8 Å². The van der Waals surface area contributed by atoms with Gasteiger partial charge in [0.2, 0.25) is 0 Å². The van der Waals surface area contributed by atoms with Gasteiger partial charge in [0.25, 0.3) is 0 Å². The highest BCUT2D eigenvalue weighted by Crippen LogP contribution is 2.17. The maximum absolute atomic E-state index is 4.35. The number of allylic oxidation sites excluding steroid dienone is 6. The first-order chi connectivity index (χ1) is 11.4. The molecule has 24 heavy (non-hydrogen) atoms. The van der Waals surface area contributed by atoms with E-state index in [0.29, 0.717) is 0 Å². The molecule has 0 bridgehead atoms. The molecule has 0 fully saturated rings. The fraction of sp³-hybridized carbons (Fsp3) is 0.682. The van der Waals surface area contributed by atoms with Gasteiger partial charge in [-0.25, -0.2) is 0 Å². The summed E-state index contributed by atoms with van der Waals surface area (Å²) in [7, 11) is 1.87. The van der Waals surface area contributed by atoms with Gasteiger partial charge in [-0.15, -0.1) is 0 Å². The molecule has 0 saturated heterocycles. The highest BCUT2D eigenvalue weighted by Gasteiger charge is 2.05. The summed E-state index contributed by atoms with van der Waals surface area (Å²) in [6, 6.07) is 0. The van der Waals surface area contributed by atoms with E-state index in [0.717, 1.165) is 5.71 Å². The summed E-state index contributed by atoms with van der Waals surface area (Å²) in [5.74, 6) is 0. The van der Waals surface area contributed by atoms with E-state index >= 15 is 0 Å². The second kappa shape index (κ2) is 13.2. The molecule has 0 aromatic carbocycles. The molecule has 0 radical (unpaired) electrons. The van der Waals surface area contributed by atoms with Gasteiger partial charge >= 0.3 is 0 Å². The number of hydrogen-bond donors (Lipinski definition) is 0. The predicted molar refractivity (Wildman–Crippen MR) is 111 cm³/mol. The molecule has 0 heterocycles. The highest BCUT2D eigenvalue weighted by atomic mass is 15.1. The second-order valence-corrected chi connectivity index (χ2v) is 6.99. The van der Waals surface area contributed by atoms with Crippen LogP contribution in [0.15, 0.2) is 39.4 Å². The Bertz CT molecular complexity index is 468. The van der Waals surface area contributed by atoms with Gasteiger partial charge in [0.15, 0.2) is 0 Å². The zero-order valence-corrected chi connectivity index (χ0v) is 17.5. The molecule has 0 aliphatic carbocycles. The van der Waals surface area contributed by atoms with Gasteiger partial charge < -0.3 is 4.90 Å². The molecule has 0 amide bonds. The smallest absolute Gasteiger partial charge is 0.0388 e.